The van der Waals surface area contributed by atoms with E-state index >= 15 is 0 Å². The van der Waals surface area contributed by atoms with Crippen LogP contribution >= 0.6 is 0 Å². The molecule has 2 aromatic rings. The van der Waals surface area contributed by atoms with Gasteiger partial charge in [-0.3, -0.25) is 10.1 Å². The SMILES string of the molecule is CCCOc1c(OCC)cc(C2NC(=O)NC(c3ccccc3)=C2C(=O)OC(C)C)cc1[N+](=O)[O-]. The molecule has 1 aliphatic heterocycles. The predicted molar refractivity (Wildman–Crippen MR) is 129 cm³/mol. The summed E-state index contributed by atoms with van der Waals surface area (Å²) in [6.45, 7) is 7.54. The number of ether oxygens (including phenoxy) is 3. The second kappa shape index (κ2) is 11.4. The van der Waals surface area contributed by atoms with Gasteiger partial charge in [0.05, 0.1) is 41.6 Å². The van der Waals surface area contributed by atoms with Crippen LogP contribution in [0.4, 0.5) is 10.5 Å². The number of esters is 1. The zero-order chi connectivity index (χ0) is 25.5. The Morgan fingerprint density at radius 3 is 2.46 bits per heavy atom. The minimum absolute atomic E-state index is 0.00119. The Labute approximate surface area is 203 Å². The molecule has 3 rings (SSSR count). The van der Waals surface area contributed by atoms with Gasteiger partial charge in [0.15, 0.2) is 5.75 Å². The van der Waals surface area contributed by atoms with E-state index in [1.165, 1.54) is 6.07 Å². The van der Waals surface area contributed by atoms with E-state index in [4.69, 9.17) is 14.2 Å². The van der Waals surface area contributed by atoms with Gasteiger partial charge in [0, 0.05) is 6.07 Å². The van der Waals surface area contributed by atoms with Gasteiger partial charge in [0.25, 0.3) is 0 Å². The first-order valence-corrected chi connectivity index (χ1v) is 11.4. The molecule has 10 nitrogen and oxygen atoms in total. The van der Waals surface area contributed by atoms with Crippen LogP contribution in [0.3, 0.4) is 0 Å². The quantitative estimate of drug-likeness (QED) is 0.289. The van der Waals surface area contributed by atoms with Crippen LogP contribution in [0.5, 0.6) is 11.5 Å². The second-order valence-corrected chi connectivity index (χ2v) is 8.05. The van der Waals surface area contributed by atoms with Gasteiger partial charge in [-0.05, 0) is 44.4 Å². The summed E-state index contributed by atoms with van der Waals surface area (Å²) in [6, 6.07) is 10.1. The van der Waals surface area contributed by atoms with Gasteiger partial charge >= 0.3 is 17.7 Å². The van der Waals surface area contributed by atoms with E-state index in [0.29, 0.717) is 12.0 Å². The van der Waals surface area contributed by atoms with Crippen molar-refractivity contribution in [2.75, 3.05) is 13.2 Å². The van der Waals surface area contributed by atoms with Crippen LogP contribution in [0, 0.1) is 10.1 Å². The molecule has 0 saturated heterocycles. The molecule has 1 heterocycles. The van der Waals surface area contributed by atoms with Crippen molar-refractivity contribution in [1.82, 2.24) is 10.6 Å². The molecule has 0 spiro atoms. The van der Waals surface area contributed by atoms with Crippen molar-refractivity contribution >= 4 is 23.4 Å². The van der Waals surface area contributed by atoms with Crippen molar-refractivity contribution in [3.63, 3.8) is 0 Å². The first-order chi connectivity index (χ1) is 16.8. The number of rotatable bonds is 10. The average Bonchev–Trinajstić information content (AvgIpc) is 2.82. The number of hydrogen-bond donors (Lipinski definition) is 2. The molecular formula is C25H29N3O7. The number of carbonyl (C=O) groups is 2. The molecule has 0 bridgehead atoms. The molecule has 10 heteroatoms. The third-order valence-corrected chi connectivity index (χ3v) is 5.04. The van der Waals surface area contributed by atoms with E-state index in [9.17, 15) is 19.7 Å². The number of urea groups is 1. The van der Waals surface area contributed by atoms with Crippen molar-refractivity contribution in [3.8, 4) is 11.5 Å². The van der Waals surface area contributed by atoms with Crippen LogP contribution in [-0.4, -0.2) is 36.2 Å². The number of amides is 2. The first-order valence-electron chi connectivity index (χ1n) is 11.4. The molecule has 0 aromatic heterocycles. The van der Waals surface area contributed by atoms with Gasteiger partial charge in [-0.2, -0.15) is 0 Å². The Hall–Kier alpha value is -4.08. The maximum absolute atomic E-state index is 13.3. The molecular weight excluding hydrogens is 454 g/mol. The lowest BCUT2D eigenvalue weighted by Crippen LogP contribution is -2.45. The first kappa shape index (κ1) is 25.5. The van der Waals surface area contributed by atoms with Gasteiger partial charge in [0.1, 0.15) is 0 Å². The Morgan fingerprint density at radius 2 is 1.86 bits per heavy atom. The topological polar surface area (TPSA) is 129 Å². The highest BCUT2D eigenvalue weighted by atomic mass is 16.6. The summed E-state index contributed by atoms with van der Waals surface area (Å²) in [5.41, 5.74) is 0.916. The van der Waals surface area contributed by atoms with Crippen molar-refractivity contribution in [1.29, 1.82) is 0 Å². The van der Waals surface area contributed by atoms with Crippen LogP contribution in [-0.2, 0) is 9.53 Å². The Morgan fingerprint density at radius 1 is 1.14 bits per heavy atom. The fraction of sp³-hybridized carbons (Fsp3) is 0.360. The van der Waals surface area contributed by atoms with Gasteiger partial charge in [-0.25, -0.2) is 9.59 Å². The molecule has 1 unspecified atom stereocenters. The van der Waals surface area contributed by atoms with Crippen molar-refractivity contribution in [3.05, 3.63) is 69.3 Å². The lowest BCUT2D eigenvalue weighted by Gasteiger charge is -2.30. The fourth-order valence-electron chi connectivity index (χ4n) is 3.67. The number of nitrogens with one attached hydrogen (secondary N) is 2. The highest BCUT2D eigenvalue weighted by Gasteiger charge is 2.37. The fourth-order valence-corrected chi connectivity index (χ4v) is 3.67. The predicted octanol–water partition coefficient (Wildman–Crippen LogP) is 4.50. The Balaban J connectivity index is 2.25. The van der Waals surface area contributed by atoms with Gasteiger partial charge < -0.3 is 24.8 Å². The third kappa shape index (κ3) is 5.89. The minimum atomic E-state index is -1.04. The number of nitro groups is 1. The summed E-state index contributed by atoms with van der Waals surface area (Å²) in [7, 11) is 0. The van der Waals surface area contributed by atoms with Gasteiger partial charge in [-0.15, -0.1) is 0 Å². The lowest BCUT2D eigenvalue weighted by atomic mass is 9.92. The van der Waals surface area contributed by atoms with Crippen LogP contribution in [0.15, 0.2) is 48.0 Å². The molecule has 1 aliphatic rings. The molecule has 35 heavy (non-hydrogen) atoms. The maximum Gasteiger partial charge on any atom is 0.338 e. The molecule has 2 amide bonds. The molecule has 2 aromatic carbocycles. The summed E-state index contributed by atoms with van der Waals surface area (Å²) >= 11 is 0. The van der Waals surface area contributed by atoms with E-state index in [0.717, 1.165) is 0 Å². The van der Waals surface area contributed by atoms with E-state index < -0.39 is 29.1 Å². The summed E-state index contributed by atoms with van der Waals surface area (Å²) in [5, 5.41) is 17.4. The second-order valence-electron chi connectivity index (χ2n) is 8.05. The van der Waals surface area contributed by atoms with Crippen LogP contribution < -0.4 is 20.1 Å². The van der Waals surface area contributed by atoms with E-state index in [1.807, 2.05) is 13.0 Å². The number of carbonyl (C=O) groups excluding carboxylic acids is 2. The molecule has 186 valence electrons. The van der Waals surface area contributed by atoms with E-state index in [1.54, 1.807) is 51.1 Å². The number of hydrogen-bond acceptors (Lipinski definition) is 7. The summed E-state index contributed by atoms with van der Waals surface area (Å²) in [6.07, 6.45) is 0.215. The standard InChI is InChI=1S/C25H29N3O7/c1-5-12-34-23-18(28(31)32)13-17(14-19(23)33-6-2)22-20(24(29)35-15(3)4)21(26-25(30)27-22)16-10-8-7-9-11-16/h7-11,13-15,22H,5-6,12H2,1-4H3,(H2,26,27,30). The zero-order valence-electron chi connectivity index (χ0n) is 20.1. The molecule has 0 saturated carbocycles. The zero-order valence-corrected chi connectivity index (χ0v) is 20.1. The monoisotopic (exact) mass is 483 g/mol. The summed E-state index contributed by atoms with van der Waals surface area (Å²) in [4.78, 5) is 37.3. The third-order valence-electron chi connectivity index (χ3n) is 5.04. The van der Waals surface area contributed by atoms with Crippen LogP contribution in [0.25, 0.3) is 5.70 Å². The number of benzene rings is 2. The molecule has 2 N–H and O–H groups in total. The maximum atomic E-state index is 13.3. The highest BCUT2D eigenvalue weighted by molar-refractivity contribution is 6.04. The molecule has 0 radical (unpaired) electrons. The van der Waals surface area contributed by atoms with Crippen molar-refractivity contribution < 1.29 is 28.7 Å². The van der Waals surface area contributed by atoms with E-state index in [2.05, 4.69) is 10.6 Å². The summed E-state index contributed by atoms with van der Waals surface area (Å²) in [5.74, 6) is -0.514. The van der Waals surface area contributed by atoms with Crippen molar-refractivity contribution in [2.45, 2.75) is 46.3 Å². The van der Waals surface area contributed by atoms with E-state index in [-0.39, 0.29) is 47.2 Å². The lowest BCUT2D eigenvalue weighted by molar-refractivity contribution is -0.386. The summed E-state index contributed by atoms with van der Waals surface area (Å²) < 4.78 is 16.8. The molecule has 0 fully saturated rings. The average molecular weight is 484 g/mol. The van der Waals surface area contributed by atoms with Crippen LogP contribution in [0.1, 0.15) is 51.3 Å². The minimum Gasteiger partial charge on any atom is -0.490 e. The Bertz CT molecular complexity index is 1130. The molecule has 0 aliphatic carbocycles. The van der Waals surface area contributed by atoms with Crippen LogP contribution in [0.2, 0.25) is 0 Å². The number of nitro benzene ring substituents is 1. The van der Waals surface area contributed by atoms with Gasteiger partial charge in [0.2, 0.25) is 5.75 Å². The number of nitrogens with zero attached hydrogens (tertiary/aromatic N) is 1. The smallest absolute Gasteiger partial charge is 0.338 e. The molecule has 1 atom stereocenters. The van der Waals surface area contributed by atoms with Gasteiger partial charge in [-0.1, -0.05) is 37.3 Å². The van der Waals surface area contributed by atoms with Crippen molar-refractivity contribution in [2.24, 2.45) is 0 Å². The Kier molecular flexibility index (Phi) is 8.30. The highest BCUT2D eigenvalue weighted by Crippen LogP contribution is 2.42. The normalized spacial score (nSPS) is 15.3. The largest absolute Gasteiger partial charge is 0.490 e.